The van der Waals surface area contributed by atoms with Crippen molar-refractivity contribution in [2.24, 2.45) is 0 Å². The summed E-state index contributed by atoms with van der Waals surface area (Å²) in [6.45, 7) is 3.52. The van der Waals surface area contributed by atoms with Gasteiger partial charge in [0.15, 0.2) is 0 Å². The molecule has 0 atom stereocenters. The first-order chi connectivity index (χ1) is 14.8. The lowest BCUT2D eigenvalue weighted by Crippen LogP contribution is -2.34. The van der Waals surface area contributed by atoms with Crippen LogP contribution in [0, 0.1) is 0 Å². The summed E-state index contributed by atoms with van der Waals surface area (Å²) in [6.07, 6.45) is 18.1. The van der Waals surface area contributed by atoms with Crippen LogP contribution in [0.15, 0.2) is 30.3 Å². The summed E-state index contributed by atoms with van der Waals surface area (Å²) in [5.74, 6) is 0. The van der Waals surface area contributed by atoms with Crippen molar-refractivity contribution in [3.05, 3.63) is 35.9 Å². The fourth-order valence-corrected chi connectivity index (χ4v) is 3.72. The number of amides is 1. The Kier molecular flexibility index (Phi) is 17.1. The van der Waals surface area contributed by atoms with Gasteiger partial charge in [-0.3, -0.25) is 0 Å². The van der Waals surface area contributed by atoms with Gasteiger partial charge in [-0.05, 0) is 12.0 Å². The van der Waals surface area contributed by atoms with E-state index in [-0.39, 0.29) is 19.3 Å². The molecule has 0 saturated carbocycles. The molecule has 1 amide bonds. The number of ether oxygens (including phenoxy) is 1. The normalized spacial score (nSPS) is 10.9. The lowest BCUT2D eigenvalue weighted by atomic mass is 10.0. The predicted octanol–water partition coefficient (Wildman–Crippen LogP) is 7.10. The molecule has 0 bridgehead atoms. The molecule has 0 aliphatic rings. The molecule has 0 saturated heterocycles. The summed E-state index contributed by atoms with van der Waals surface area (Å²) in [5.41, 5.74) is 0.978. The van der Waals surface area contributed by atoms with E-state index in [0.29, 0.717) is 13.1 Å². The highest BCUT2D eigenvalue weighted by Crippen LogP contribution is 2.13. The molecule has 4 nitrogen and oxygen atoms in total. The van der Waals surface area contributed by atoms with Gasteiger partial charge < -0.3 is 14.7 Å². The lowest BCUT2D eigenvalue weighted by Gasteiger charge is -2.21. The first kappa shape index (κ1) is 26.5. The number of rotatable bonds is 19. The monoisotopic (exact) mass is 419 g/mol. The fourth-order valence-electron chi connectivity index (χ4n) is 3.72. The van der Waals surface area contributed by atoms with Gasteiger partial charge >= 0.3 is 6.09 Å². The molecule has 0 fully saturated rings. The molecule has 0 radical (unpaired) electrons. The maximum atomic E-state index is 12.3. The van der Waals surface area contributed by atoms with E-state index in [1.807, 2.05) is 30.3 Å². The third-order valence-electron chi connectivity index (χ3n) is 5.61. The van der Waals surface area contributed by atoms with E-state index >= 15 is 0 Å². The second-order valence-electron chi connectivity index (χ2n) is 8.35. The minimum Gasteiger partial charge on any atom is -0.445 e. The van der Waals surface area contributed by atoms with E-state index in [2.05, 4.69) is 6.92 Å². The molecule has 0 aromatic heterocycles. The predicted molar refractivity (Wildman–Crippen MR) is 126 cm³/mol. The Morgan fingerprint density at radius 3 is 1.77 bits per heavy atom. The van der Waals surface area contributed by atoms with Gasteiger partial charge in [0.25, 0.3) is 0 Å². The molecule has 1 N–H and O–H groups in total. The van der Waals surface area contributed by atoms with Crippen molar-refractivity contribution in [1.82, 2.24) is 4.90 Å². The first-order valence-electron chi connectivity index (χ1n) is 12.3. The van der Waals surface area contributed by atoms with Crippen LogP contribution in [0.2, 0.25) is 0 Å². The highest BCUT2D eigenvalue weighted by Gasteiger charge is 2.14. The van der Waals surface area contributed by atoms with Crippen LogP contribution in [-0.2, 0) is 11.3 Å². The summed E-state index contributed by atoms with van der Waals surface area (Å²) in [6, 6.07) is 9.69. The zero-order chi connectivity index (χ0) is 21.7. The quantitative estimate of drug-likeness (QED) is 0.243. The number of nitrogens with zero attached hydrogens (tertiary/aromatic N) is 1. The van der Waals surface area contributed by atoms with Crippen LogP contribution in [0.1, 0.15) is 102 Å². The number of aliphatic hydroxyl groups excluding tert-OH is 1. The number of hydrogen-bond donors (Lipinski definition) is 1. The van der Waals surface area contributed by atoms with E-state index in [9.17, 15) is 9.90 Å². The number of benzene rings is 1. The zero-order valence-corrected chi connectivity index (χ0v) is 19.3. The van der Waals surface area contributed by atoms with E-state index in [0.717, 1.165) is 18.4 Å². The Morgan fingerprint density at radius 1 is 0.767 bits per heavy atom. The summed E-state index contributed by atoms with van der Waals surface area (Å²) in [7, 11) is 0. The molecule has 30 heavy (non-hydrogen) atoms. The summed E-state index contributed by atoms with van der Waals surface area (Å²) >= 11 is 0. The Morgan fingerprint density at radius 2 is 1.27 bits per heavy atom. The molecule has 1 aromatic carbocycles. The fraction of sp³-hybridized carbons (Fsp3) is 0.731. The minimum atomic E-state index is -0.331. The average Bonchev–Trinajstić information content (AvgIpc) is 2.77. The molecule has 1 aromatic rings. The maximum Gasteiger partial charge on any atom is 0.410 e. The van der Waals surface area contributed by atoms with Crippen LogP contribution in [0.4, 0.5) is 4.79 Å². The van der Waals surface area contributed by atoms with Crippen LogP contribution < -0.4 is 0 Å². The second-order valence-corrected chi connectivity index (χ2v) is 8.35. The lowest BCUT2D eigenvalue weighted by molar-refractivity contribution is 0.0878. The SMILES string of the molecule is CCCCCCCCCCCCCCCCN(CCO)C(=O)OCc1ccccc1. The van der Waals surface area contributed by atoms with E-state index in [4.69, 9.17) is 4.74 Å². The Balaban J connectivity index is 1.98. The van der Waals surface area contributed by atoms with Gasteiger partial charge in [-0.15, -0.1) is 0 Å². The highest BCUT2D eigenvalue weighted by atomic mass is 16.6. The van der Waals surface area contributed by atoms with Crippen molar-refractivity contribution < 1.29 is 14.6 Å². The van der Waals surface area contributed by atoms with Gasteiger partial charge in [-0.2, -0.15) is 0 Å². The number of hydrogen-bond acceptors (Lipinski definition) is 3. The van der Waals surface area contributed by atoms with Gasteiger partial charge in [0.1, 0.15) is 6.61 Å². The largest absolute Gasteiger partial charge is 0.445 e. The maximum absolute atomic E-state index is 12.3. The Bertz CT molecular complexity index is 506. The second kappa shape index (κ2) is 19.4. The Hall–Kier alpha value is -1.55. The van der Waals surface area contributed by atoms with Crippen molar-refractivity contribution in [3.63, 3.8) is 0 Å². The molecule has 0 unspecified atom stereocenters. The number of carbonyl (C=O) groups excluding carboxylic acids is 1. The molecular weight excluding hydrogens is 374 g/mol. The standard InChI is InChI=1S/C26H45NO3/c1-2-3-4-5-6-7-8-9-10-11-12-13-14-18-21-27(22-23-28)26(29)30-24-25-19-16-15-17-20-25/h15-17,19-20,28H,2-14,18,21-24H2,1H3. The Labute approximate surface area is 185 Å². The molecular formula is C26H45NO3. The topological polar surface area (TPSA) is 49.8 Å². The number of carbonyl (C=O) groups is 1. The van der Waals surface area contributed by atoms with Gasteiger partial charge in [0, 0.05) is 13.1 Å². The van der Waals surface area contributed by atoms with Crippen LogP contribution in [0.5, 0.6) is 0 Å². The third-order valence-corrected chi connectivity index (χ3v) is 5.61. The zero-order valence-electron chi connectivity index (χ0n) is 19.3. The van der Waals surface area contributed by atoms with Gasteiger partial charge in [-0.1, -0.05) is 121 Å². The van der Waals surface area contributed by atoms with Crippen molar-refractivity contribution in [2.75, 3.05) is 19.7 Å². The van der Waals surface area contributed by atoms with Crippen LogP contribution in [-0.4, -0.2) is 35.8 Å². The van der Waals surface area contributed by atoms with Gasteiger partial charge in [0.2, 0.25) is 0 Å². The molecule has 4 heteroatoms. The van der Waals surface area contributed by atoms with Gasteiger partial charge in [-0.25, -0.2) is 4.79 Å². The highest BCUT2D eigenvalue weighted by molar-refractivity contribution is 5.67. The third kappa shape index (κ3) is 14.4. The van der Waals surface area contributed by atoms with Gasteiger partial charge in [0.05, 0.1) is 6.61 Å². The van der Waals surface area contributed by atoms with Crippen molar-refractivity contribution in [3.8, 4) is 0 Å². The van der Waals surface area contributed by atoms with Crippen molar-refractivity contribution >= 4 is 6.09 Å². The van der Waals surface area contributed by atoms with Crippen LogP contribution >= 0.6 is 0 Å². The van der Waals surface area contributed by atoms with Crippen LogP contribution in [0.25, 0.3) is 0 Å². The first-order valence-corrected chi connectivity index (χ1v) is 12.3. The van der Waals surface area contributed by atoms with Crippen molar-refractivity contribution in [2.45, 2.75) is 103 Å². The summed E-state index contributed by atoms with van der Waals surface area (Å²) in [4.78, 5) is 13.9. The smallest absolute Gasteiger partial charge is 0.410 e. The van der Waals surface area contributed by atoms with E-state index in [1.54, 1.807) is 4.90 Å². The van der Waals surface area contributed by atoms with E-state index in [1.165, 1.54) is 77.0 Å². The van der Waals surface area contributed by atoms with Crippen molar-refractivity contribution in [1.29, 1.82) is 0 Å². The molecule has 0 spiro atoms. The average molecular weight is 420 g/mol. The number of aliphatic hydroxyl groups is 1. The molecule has 0 aliphatic heterocycles. The number of unbranched alkanes of at least 4 members (excludes halogenated alkanes) is 13. The molecule has 0 heterocycles. The molecule has 172 valence electrons. The summed E-state index contributed by atoms with van der Waals surface area (Å²) < 4.78 is 5.39. The van der Waals surface area contributed by atoms with E-state index < -0.39 is 0 Å². The molecule has 1 rings (SSSR count). The van der Waals surface area contributed by atoms with Crippen LogP contribution in [0.3, 0.4) is 0 Å². The molecule has 0 aliphatic carbocycles. The minimum absolute atomic E-state index is 0.0287. The summed E-state index contributed by atoms with van der Waals surface area (Å²) in [5, 5.41) is 9.24.